The number of nitrogens with zero attached hydrogens (tertiary/aromatic N) is 1. The van der Waals surface area contributed by atoms with Crippen LogP contribution < -0.4 is 14.8 Å². The fraction of sp³-hybridized carbons (Fsp3) is 0.242. The maximum atomic E-state index is 12.5. The van der Waals surface area contributed by atoms with Gasteiger partial charge in [0.05, 0.1) is 12.2 Å². The molecule has 40 heavy (non-hydrogen) atoms. The van der Waals surface area contributed by atoms with Gasteiger partial charge < -0.3 is 19.9 Å². The molecule has 0 spiro atoms. The second-order valence-electron chi connectivity index (χ2n) is 10.5. The van der Waals surface area contributed by atoms with E-state index in [2.05, 4.69) is 31.1 Å². The summed E-state index contributed by atoms with van der Waals surface area (Å²) in [6, 6.07) is 27.7. The first-order valence-electron chi connectivity index (χ1n) is 13.2. The third kappa shape index (κ3) is 7.93. The maximum absolute atomic E-state index is 12.5. The third-order valence-corrected chi connectivity index (χ3v) is 6.38. The lowest BCUT2D eigenvalue weighted by molar-refractivity contribution is -0.145. The Bertz CT molecular complexity index is 1390. The smallest absolute Gasteiger partial charge is 0.345 e. The van der Waals surface area contributed by atoms with Gasteiger partial charge in [0.25, 0.3) is 5.91 Å². The number of hydrogen-bond donors (Lipinski definition) is 2. The minimum Gasteiger partial charge on any atom is -0.492 e. The summed E-state index contributed by atoms with van der Waals surface area (Å²) < 4.78 is 11.5. The molecule has 206 valence electrons. The molecule has 4 rings (SSSR count). The standard InChI is InChI=1S/C33H34N2O5/c1-33(2,3)26-13-17-28(18-14-26)40-30(32(37)38)22-23-7-15-27(16-8-23)39-21-20-35-31(36)25-11-9-24(10-12-25)29-6-4-5-19-34-29/h4-19,30H,20-22H2,1-3H3,(H,35,36)(H,37,38). The van der Waals surface area contributed by atoms with Gasteiger partial charge in [0.15, 0.2) is 6.10 Å². The summed E-state index contributed by atoms with van der Waals surface area (Å²) in [4.78, 5) is 28.6. The summed E-state index contributed by atoms with van der Waals surface area (Å²) in [5, 5.41) is 12.5. The predicted molar refractivity (Wildman–Crippen MR) is 155 cm³/mol. The Morgan fingerprint density at radius 3 is 2.15 bits per heavy atom. The van der Waals surface area contributed by atoms with Crippen LogP contribution in [0.1, 0.15) is 42.3 Å². The molecular formula is C33H34N2O5. The van der Waals surface area contributed by atoms with Crippen molar-refractivity contribution in [1.82, 2.24) is 10.3 Å². The average molecular weight is 539 g/mol. The van der Waals surface area contributed by atoms with E-state index in [1.54, 1.807) is 30.5 Å². The summed E-state index contributed by atoms with van der Waals surface area (Å²) in [5.41, 5.74) is 4.33. The number of carbonyl (C=O) groups excluding carboxylic acids is 1. The zero-order valence-corrected chi connectivity index (χ0v) is 23.0. The summed E-state index contributed by atoms with van der Waals surface area (Å²) in [5.74, 6) is -0.0589. The second-order valence-corrected chi connectivity index (χ2v) is 10.5. The highest BCUT2D eigenvalue weighted by Crippen LogP contribution is 2.25. The molecule has 1 atom stereocenters. The number of pyridine rings is 1. The van der Waals surface area contributed by atoms with Crippen LogP contribution in [0.15, 0.2) is 97.2 Å². The zero-order chi connectivity index (χ0) is 28.5. The van der Waals surface area contributed by atoms with E-state index >= 15 is 0 Å². The lowest BCUT2D eigenvalue weighted by atomic mass is 9.87. The number of carboxylic acid groups (broad SMARTS) is 1. The van der Waals surface area contributed by atoms with Crippen molar-refractivity contribution in [2.75, 3.05) is 13.2 Å². The number of aliphatic carboxylic acids is 1. The highest BCUT2D eigenvalue weighted by molar-refractivity contribution is 5.94. The number of benzene rings is 3. The van der Waals surface area contributed by atoms with Crippen molar-refractivity contribution in [2.45, 2.75) is 38.7 Å². The van der Waals surface area contributed by atoms with Crippen LogP contribution in [-0.4, -0.2) is 41.2 Å². The number of aromatic nitrogens is 1. The van der Waals surface area contributed by atoms with Crippen LogP contribution in [0, 0.1) is 0 Å². The van der Waals surface area contributed by atoms with Gasteiger partial charge in [0.1, 0.15) is 18.1 Å². The summed E-state index contributed by atoms with van der Waals surface area (Å²) in [6.07, 6.45) is 0.935. The van der Waals surface area contributed by atoms with Crippen LogP contribution in [0.3, 0.4) is 0 Å². The molecular weight excluding hydrogens is 504 g/mol. The van der Waals surface area contributed by atoms with Gasteiger partial charge in [-0.15, -0.1) is 0 Å². The van der Waals surface area contributed by atoms with Crippen molar-refractivity contribution in [1.29, 1.82) is 0 Å². The molecule has 2 N–H and O–H groups in total. The lowest BCUT2D eigenvalue weighted by Crippen LogP contribution is -2.29. The Morgan fingerprint density at radius 2 is 1.55 bits per heavy atom. The quantitative estimate of drug-likeness (QED) is 0.230. The Hall–Kier alpha value is -4.65. The van der Waals surface area contributed by atoms with Gasteiger partial charge in [-0.2, -0.15) is 0 Å². The van der Waals surface area contributed by atoms with Gasteiger partial charge in [-0.3, -0.25) is 9.78 Å². The maximum Gasteiger partial charge on any atom is 0.345 e. The molecule has 0 saturated carbocycles. The number of carbonyl (C=O) groups is 2. The molecule has 1 heterocycles. The molecule has 0 bridgehead atoms. The van der Waals surface area contributed by atoms with Crippen LogP contribution in [0.5, 0.6) is 11.5 Å². The van der Waals surface area contributed by atoms with Crippen molar-refractivity contribution in [3.8, 4) is 22.8 Å². The number of ether oxygens (including phenoxy) is 2. The largest absolute Gasteiger partial charge is 0.492 e. The molecule has 1 unspecified atom stereocenters. The van der Waals surface area contributed by atoms with E-state index in [0.29, 0.717) is 30.2 Å². The Labute approximate surface area is 234 Å². The summed E-state index contributed by atoms with van der Waals surface area (Å²) in [7, 11) is 0. The summed E-state index contributed by atoms with van der Waals surface area (Å²) in [6.45, 7) is 7.00. The molecule has 0 saturated heterocycles. The molecule has 7 heteroatoms. The molecule has 7 nitrogen and oxygen atoms in total. The van der Waals surface area contributed by atoms with Crippen molar-refractivity contribution in [3.05, 3.63) is 114 Å². The zero-order valence-electron chi connectivity index (χ0n) is 23.0. The van der Waals surface area contributed by atoms with Gasteiger partial charge in [-0.05, 0) is 65.1 Å². The number of hydrogen-bond acceptors (Lipinski definition) is 5. The topological polar surface area (TPSA) is 97.8 Å². The Kier molecular flexibility index (Phi) is 9.17. The van der Waals surface area contributed by atoms with Gasteiger partial charge in [0.2, 0.25) is 0 Å². The molecule has 0 aliphatic carbocycles. The average Bonchev–Trinajstić information content (AvgIpc) is 2.96. The molecule has 0 aliphatic heterocycles. The second kappa shape index (κ2) is 12.9. The van der Waals surface area contributed by atoms with Crippen molar-refractivity contribution in [2.24, 2.45) is 0 Å². The Morgan fingerprint density at radius 1 is 0.875 bits per heavy atom. The van der Waals surface area contributed by atoms with Crippen LogP contribution >= 0.6 is 0 Å². The first-order valence-corrected chi connectivity index (χ1v) is 13.2. The highest BCUT2D eigenvalue weighted by atomic mass is 16.5. The number of amides is 1. The van der Waals surface area contributed by atoms with E-state index in [-0.39, 0.29) is 17.7 Å². The fourth-order valence-corrected chi connectivity index (χ4v) is 4.07. The van der Waals surface area contributed by atoms with Crippen LogP contribution in [0.2, 0.25) is 0 Å². The van der Waals surface area contributed by atoms with E-state index in [1.165, 1.54) is 0 Å². The van der Waals surface area contributed by atoms with Crippen LogP contribution in [0.4, 0.5) is 0 Å². The van der Waals surface area contributed by atoms with Crippen molar-refractivity contribution < 1.29 is 24.2 Å². The molecule has 4 aromatic rings. The Balaban J connectivity index is 1.23. The third-order valence-electron chi connectivity index (χ3n) is 6.38. The molecule has 3 aromatic carbocycles. The van der Waals surface area contributed by atoms with E-state index in [1.807, 2.05) is 66.7 Å². The van der Waals surface area contributed by atoms with Gasteiger partial charge in [-0.1, -0.05) is 63.2 Å². The lowest BCUT2D eigenvalue weighted by Gasteiger charge is -2.20. The normalized spacial score (nSPS) is 11.9. The molecule has 0 radical (unpaired) electrons. The first-order chi connectivity index (χ1) is 19.2. The molecule has 1 aromatic heterocycles. The minimum absolute atomic E-state index is 0.00727. The van der Waals surface area contributed by atoms with Crippen molar-refractivity contribution in [3.63, 3.8) is 0 Å². The van der Waals surface area contributed by atoms with Gasteiger partial charge >= 0.3 is 5.97 Å². The van der Waals surface area contributed by atoms with E-state index in [9.17, 15) is 14.7 Å². The summed E-state index contributed by atoms with van der Waals surface area (Å²) >= 11 is 0. The van der Waals surface area contributed by atoms with Crippen molar-refractivity contribution >= 4 is 11.9 Å². The van der Waals surface area contributed by atoms with Crippen LogP contribution in [0.25, 0.3) is 11.3 Å². The number of carboxylic acids is 1. The molecule has 1 amide bonds. The van der Waals surface area contributed by atoms with E-state index in [4.69, 9.17) is 9.47 Å². The molecule has 0 fully saturated rings. The fourth-order valence-electron chi connectivity index (χ4n) is 4.07. The van der Waals surface area contributed by atoms with Crippen LogP contribution in [-0.2, 0) is 16.6 Å². The SMILES string of the molecule is CC(C)(C)c1ccc(OC(Cc2ccc(OCCNC(=O)c3ccc(-c4ccccn4)cc3)cc2)C(=O)O)cc1. The predicted octanol–water partition coefficient (Wildman–Crippen LogP) is 5.93. The minimum atomic E-state index is -1.03. The van der Waals surface area contributed by atoms with E-state index < -0.39 is 12.1 Å². The number of nitrogens with one attached hydrogen (secondary N) is 1. The monoisotopic (exact) mass is 538 g/mol. The highest BCUT2D eigenvalue weighted by Gasteiger charge is 2.21. The molecule has 0 aliphatic rings. The first kappa shape index (κ1) is 28.4. The van der Waals surface area contributed by atoms with Gasteiger partial charge in [-0.25, -0.2) is 4.79 Å². The van der Waals surface area contributed by atoms with E-state index in [0.717, 1.165) is 22.4 Å². The number of rotatable bonds is 11. The van der Waals surface area contributed by atoms with Gasteiger partial charge in [0, 0.05) is 23.7 Å².